The van der Waals surface area contributed by atoms with E-state index in [-0.39, 0.29) is 5.71 Å². The SMILES string of the molecule is CC(=N)[C@@H](C#N)C(=O)COC(=O)c1ccccc1C. The maximum Gasteiger partial charge on any atom is 0.338 e. The Balaban J connectivity index is 2.66. The van der Waals surface area contributed by atoms with Crippen LogP contribution in [0.25, 0.3) is 0 Å². The van der Waals surface area contributed by atoms with Gasteiger partial charge in [-0.2, -0.15) is 5.26 Å². The van der Waals surface area contributed by atoms with Crippen LogP contribution in [0, 0.1) is 29.6 Å². The van der Waals surface area contributed by atoms with Crippen molar-refractivity contribution in [1.29, 1.82) is 10.7 Å². The van der Waals surface area contributed by atoms with Crippen LogP contribution in [0.15, 0.2) is 24.3 Å². The molecule has 1 aromatic carbocycles. The van der Waals surface area contributed by atoms with E-state index < -0.39 is 24.3 Å². The number of ketones is 1. The number of esters is 1. The van der Waals surface area contributed by atoms with E-state index in [0.717, 1.165) is 5.56 Å². The summed E-state index contributed by atoms with van der Waals surface area (Å²) in [5.41, 5.74) is 1.08. The van der Waals surface area contributed by atoms with Crippen molar-refractivity contribution in [3.05, 3.63) is 35.4 Å². The van der Waals surface area contributed by atoms with Crippen LogP contribution in [0.5, 0.6) is 0 Å². The van der Waals surface area contributed by atoms with Gasteiger partial charge in [0.15, 0.2) is 12.4 Å². The molecule has 0 fully saturated rings. The number of Topliss-reactive ketones (excluding diaryl/α,β-unsaturated/α-hetero) is 1. The number of carbonyl (C=O) groups excluding carboxylic acids is 2. The Morgan fingerprint density at radius 3 is 2.58 bits per heavy atom. The Labute approximate surface area is 111 Å². The number of nitriles is 1. The normalized spacial score (nSPS) is 11.2. The predicted molar refractivity (Wildman–Crippen MR) is 69.0 cm³/mol. The zero-order chi connectivity index (χ0) is 14.4. The largest absolute Gasteiger partial charge is 0.454 e. The third-order valence-corrected chi connectivity index (χ3v) is 2.59. The van der Waals surface area contributed by atoms with Crippen LogP contribution in [0.1, 0.15) is 22.8 Å². The van der Waals surface area contributed by atoms with Crippen LogP contribution >= 0.6 is 0 Å². The molecule has 5 heteroatoms. The van der Waals surface area contributed by atoms with Crippen LogP contribution in [0.2, 0.25) is 0 Å². The number of ether oxygens (including phenoxy) is 1. The molecule has 0 saturated carbocycles. The molecule has 5 nitrogen and oxygen atoms in total. The summed E-state index contributed by atoms with van der Waals surface area (Å²) in [7, 11) is 0. The van der Waals surface area contributed by atoms with Gasteiger partial charge in [-0.3, -0.25) is 4.79 Å². The van der Waals surface area contributed by atoms with Crippen molar-refractivity contribution in [3.63, 3.8) is 0 Å². The monoisotopic (exact) mass is 258 g/mol. The third kappa shape index (κ3) is 3.75. The molecule has 1 N–H and O–H groups in total. The van der Waals surface area contributed by atoms with Gasteiger partial charge in [0.05, 0.1) is 11.6 Å². The van der Waals surface area contributed by atoms with E-state index in [4.69, 9.17) is 15.4 Å². The van der Waals surface area contributed by atoms with Gasteiger partial charge in [0.2, 0.25) is 0 Å². The minimum Gasteiger partial charge on any atom is -0.454 e. The highest BCUT2D eigenvalue weighted by Crippen LogP contribution is 2.09. The molecule has 0 aromatic heterocycles. The molecule has 0 unspecified atom stereocenters. The van der Waals surface area contributed by atoms with E-state index in [0.29, 0.717) is 5.56 Å². The summed E-state index contributed by atoms with van der Waals surface area (Å²) >= 11 is 0. The molecule has 0 spiro atoms. The molecule has 0 bridgehead atoms. The van der Waals surface area contributed by atoms with Crippen molar-refractivity contribution >= 4 is 17.5 Å². The molecule has 1 atom stereocenters. The summed E-state index contributed by atoms with van der Waals surface area (Å²) in [6.45, 7) is 2.63. The van der Waals surface area contributed by atoms with E-state index in [2.05, 4.69) is 0 Å². The van der Waals surface area contributed by atoms with Gasteiger partial charge in [0.25, 0.3) is 0 Å². The van der Waals surface area contributed by atoms with Crippen molar-refractivity contribution in [2.75, 3.05) is 6.61 Å². The molecule has 0 aliphatic heterocycles. The lowest BCUT2D eigenvalue weighted by Crippen LogP contribution is -2.25. The van der Waals surface area contributed by atoms with Gasteiger partial charge in [-0.25, -0.2) is 4.79 Å². The van der Waals surface area contributed by atoms with Crippen molar-refractivity contribution in [2.24, 2.45) is 5.92 Å². The summed E-state index contributed by atoms with van der Waals surface area (Å²) < 4.78 is 4.87. The first-order chi connectivity index (χ1) is 8.97. The van der Waals surface area contributed by atoms with E-state index in [9.17, 15) is 9.59 Å². The quantitative estimate of drug-likeness (QED) is 0.645. The van der Waals surface area contributed by atoms with E-state index in [1.54, 1.807) is 37.3 Å². The highest BCUT2D eigenvalue weighted by atomic mass is 16.5. The first-order valence-corrected chi connectivity index (χ1v) is 5.67. The fourth-order valence-corrected chi connectivity index (χ4v) is 1.51. The summed E-state index contributed by atoms with van der Waals surface area (Å²) in [5.74, 6) is -2.34. The number of hydrogen-bond acceptors (Lipinski definition) is 5. The molecule has 0 aliphatic rings. The van der Waals surface area contributed by atoms with Gasteiger partial charge >= 0.3 is 5.97 Å². The second kappa shape index (κ2) is 6.45. The topological polar surface area (TPSA) is 91.0 Å². The summed E-state index contributed by atoms with van der Waals surface area (Å²) in [5, 5.41) is 16.0. The van der Waals surface area contributed by atoms with Crippen molar-refractivity contribution in [2.45, 2.75) is 13.8 Å². The maximum absolute atomic E-state index is 11.7. The zero-order valence-corrected chi connectivity index (χ0v) is 10.8. The molecule has 0 amide bonds. The van der Waals surface area contributed by atoms with Crippen LogP contribution in [0.4, 0.5) is 0 Å². The first kappa shape index (κ1) is 14.6. The van der Waals surface area contributed by atoms with E-state index in [1.807, 2.05) is 0 Å². The zero-order valence-electron chi connectivity index (χ0n) is 10.8. The summed E-state index contributed by atoms with van der Waals surface area (Å²) in [4.78, 5) is 23.3. The summed E-state index contributed by atoms with van der Waals surface area (Å²) in [6, 6.07) is 8.57. The molecular formula is C14H14N2O3. The average molecular weight is 258 g/mol. The third-order valence-electron chi connectivity index (χ3n) is 2.59. The maximum atomic E-state index is 11.7. The van der Waals surface area contributed by atoms with Crippen LogP contribution in [0.3, 0.4) is 0 Å². The van der Waals surface area contributed by atoms with E-state index >= 15 is 0 Å². The lowest BCUT2D eigenvalue weighted by Gasteiger charge is -2.08. The molecule has 0 heterocycles. The van der Waals surface area contributed by atoms with Gasteiger partial charge in [0.1, 0.15) is 5.92 Å². The predicted octanol–water partition coefficient (Wildman–Crippen LogP) is 1.90. The standard InChI is InChI=1S/C14H14N2O3/c1-9-5-3-4-6-11(9)14(18)19-8-13(17)12(7-15)10(2)16/h3-6,12,16H,8H2,1-2H3/t12-/m1/s1. The van der Waals surface area contributed by atoms with Gasteiger partial charge in [-0.05, 0) is 25.5 Å². The Morgan fingerprint density at radius 1 is 1.42 bits per heavy atom. The Hall–Kier alpha value is -2.48. The van der Waals surface area contributed by atoms with Crippen LogP contribution in [-0.4, -0.2) is 24.1 Å². The molecule has 98 valence electrons. The minimum absolute atomic E-state index is 0.0561. The fraction of sp³-hybridized carbons (Fsp3) is 0.286. The lowest BCUT2D eigenvalue weighted by atomic mass is 10.0. The molecule has 0 saturated heterocycles. The van der Waals surface area contributed by atoms with E-state index in [1.165, 1.54) is 6.92 Å². The smallest absolute Gasteiger partial charge is 0.338 e. The molecule has 0 radical (unpaired) electrons. The van der Waals surface area contributed by atoms with Crippen molar-refractivity contribution in [3.8, 4) is 6.07 Å². The minimum atomic E-state index is -1.15. The highest BCUT2D eigenvalue weighted by molar-refractivity contribution is 6.06. The average Bonchev–Trinajstić information content (AvgIpc) is 2.37. The summed E-state index contributed by atoms with van der Waals surface area (Å²) in [6.07, 6.45) is 0. The van der Waals surface area contributed by atoms with Gasteiger partial charge in [0, 0.05) is 5.71 Å². The number of rotatable bonds is 5. The highest BCUT2D eigenvalue weighted by Gasteiger charge is 2.22. The van der Waals surface area contributed by atoms with Crippen molar-refractivity contribution < 1.29 is 14.3 Å². The molecule has 0 aliphatic carbocycles. The number of carbonyl (C=O) groups is 2. The second-order valence-corrected chi connectivity index (χ2v) is 4.10. The van der Waals surface area contributed by atoms with Crippen LogP contribution < -0.4 is 0 Å². The van der Waals surface area contributed by atoms with Crippen molar-refractivity contribution in [1.82, 2.24) is 0 Å². The molecular weight excluding hydrogens is 244 g/mol. The molecule has 1 aromatic rings. The number of aryl methyl sites for hydroxylation is 1. The Morgan fingerprint density at radius 2 is 2.05 bits per heavy atom. The van der Waals surface area contributed by atoms with Gasteiger partial charge < -0.3 is 10.1 Å². The first-order valence-electron chi connectivity index (χ1n) is 5.67. The Bertz CT molecular complexity index is 558. The second-order valence-electron chi connectivity index (χ2n) is 4.10. The lowest BCUT2D eigenvalue weighted by molar-refractivity contribution is -0.122. The van der Waals surface area contributed by atoms with Gasteiger partial charge in [-0.1, -0.05) is 18.2 Å². The van der Waals surface area contributed by atoms with Gasteiger partial charge in [-0.15, -0.1) is 0 Å². The molecule has 19 heavy (non-hydrogen) atoms. The number of benzene rings is 1. The molecule has 1 rings (SSSR count). The fourth-order valence-electron chi connectivity index (χ4n) is 1.51. The number of nitrogens with one attached hydrogen (secondary N) is 1. The Kier molecular flexibility index (Phi) is 4.95. The number of nitrogens with zero attached hydrogens (tertiary/aromatic N) is 1. The number of hydrogen-bond donors (Lipinski definition) is 1. The van der Waals surface area contributed by atoms with Crippen LogP contribution in [-0.2, 0) is 9.53 Å².